The maximum Gasteiger partial charge on any atom is 0.220 e. The summed E-state index contributed by atoms with van der Waals surface area (Å²) in [5.41, 5.74) is 2.94. The molecule has 2 heterocycles. The minimum atomic E-state index is -0.861. The molecule has 0 bridgehead atoms. The van der Waals surface area contributed by atoms with Crippen LogP contribution in [-0.4, -0.2) is 23.0 Å². The molecule has 0 aliphatic carbocycles. The summed E-state index contributed by atoms with van der Waals surface area (Å²) in [5.74, 6) is -0.836. The number of carbonyl (C=O) groups is 1. The summed E-state index contributed by atoms with van der Waals surface area (Å²) >= 11 is 0. The number of nitrogens with zero attached hydrogens (tertiary/aromatic N) is 3. The zero-order chi connectivity index (χ0) is 20.8. The van der Waals surface area contributed by atoms with Crippen LogP contribution in [0, 0.1) is 18.6 Å². The van der Waals surface area contributed by atoms with Crippen molar-refractivity contribution in [3.05, 3.63) is 65.5 Å². The van der Waals surface area contributed by atoms with Crippen LogP contribution < -0.4 is 9.64 Å². The summed E-state index contributed by atoms with van der Waals surface area (Å²) in [6.45, 7) is 6.78. The van der Waals surface area contributed by atoms with Gasteiger partial charge in [0.05, 0.1) is 24.7 Å². The molecule has 7 heteroatoms. The van der Waals surface area contributed by atoms with Crippen molar-refractivity contribution < 1.29 is 18.3 Å². The van der Waals surface area contributed by atoms with Crippen molar-refractivity contribution in [2.75, 3.05) is 11.5 Å². The first kappa shape index (κ1) is 19.0. The van der Waals surface area contributed by atoms with E-state index >= 15 is 0 Å². The number of halogens is 2. The van der Waals surface area contributed by atoms with Gasteiger partial charge < -0.3 is 4.74 Å². The Hall–Kier alpha value is -3.35. The molecule has 4 rings (SSSR count). The Morgan fingerprint density at radius 1 is 1.14 bits per heavy atom. The lowest BCUT2D eigenvalue weighted by Gasteiger charge is -2.18. The topological polar surface area (TPSA) is 55.3 Å². The van der Waals surface area contributed by atoms with Crippen LogP contribution in [-0.2, 0) is 10.2 Å². The molecular formula is C22H19F2N3O2. The highest BCUT2D eigenvalue weighted by Gasteiger charge is 2.32. The van der Waals surface area contributed by atoms with Crippen molar-refractivity contribution >= 4 is 17.9 Å². The Kier molecular flexibility index (Phi) is 4.53. The first-order valence-electron chi connectivity index (χ1n) is 9.11. The van der Waals surface area contributed by atoms with Crippen LogP contribution in [0.1, 0.15) is 25.0 Å². The molecule has 29 heavy (non-hydrogen) atoms. The standard InChI is InChI=1S/C22H19F2N3O2/c1-13-7-19-15(22(2,3)11-29-19)8-14(13)18-9-26-20(10-25-18)27(12-28)21-16(23)5-4-6-17(21)24/h4-10,12H,11H2,1-3H3. The minimum absolute atomic E-state index is 0.0234. The van der Waals surface area contributed by atoms with E-state index in [1.165, 1.54) is 18.5 Å². The first-order chi connectivity index (χ1) is 13.8. The van der Waals surface area contributed by atoms with Crippen LogP contribution in [0.15, 0.2) is 42.7 Å². The Balaban J connectivity index is 1.73. The Morgan fingerprint density at radius 2 is 1.86 bits per heavy atom. The van der Waals surface area contributed by atoms with Crippen LogP contribution in [0.25, 0.3) is 11.3 Å². The Morgan fingerprint density at radius 3 is 2.48 bits per heavy atom. The lowest BCUT2D eigenvalue weighted by atomic mass is 9.85. The van der Waals surface area contributed by atoms with Crippen molar-refractivity contribution in [1.29, 1.82) is 0 Å². The molecule has 0 N–H and O–H groups in total. The molecule has 0 saturated carbocycles. The number of hydrogen-bond acceptors (Lipinski definition) is 4. The van der Waals surface area contributed by atoms with Gasteiger partial charge in [-0.3, -0.25) is 14.7 Å². The van der Waals surface area contributed by atoms with E-state index in [2.05, 4.69) is 23.8 Å². The van der Waals surface area contributed by atoms with E-state index in [4.69, 9.17) is 4.74 Å². The Bertz CT molecular complexity index is 1080. The van der Waals surface area contributed by atoms with Crippen LogP contribution in [0.5, 0.6) is 5.75 Å². The molecule has 1 aliphatic heterocycles. The second-order valence-corrected chi connectivity index (χ2v) is 7.64. The van der Waals surface area contributed by atoms with Crippen molar-refractivity contribution in [3.63, 3.8) is 0 Å². The molecule has 3 aromatic rings. The molecule has 1 aliphatic rings. The van der Waals surface area contributed by atoms with E-state index in [1.54, 1.807) is 0 Å². The summed E-state index contributed by atoms with van der Waals surface area (Å²) in [7, 11) is 0. The molecule has 0 atom stereocenters. The number of carbonyl (C=O) groups excluding carboxylic acids is 1. The van der Waals surface area contributed by atoms with Gasteiger partial charge in [0.1, 0.15) is 23.1 Å². The van der Waals surface area contributed by atoms with Gasteiger partial charge in [-0.15, -0.1) is 0 Å². The summed E-state index contributed by atoms with van der Waals surface area (Å²) < 4.78 is 33.9. The van der Waals surface area contributed by atoms with E-state index in [0.29, 0.717) is 18.7 Å². The fourth-order valence-electron chi connectivity index (χ4n) is 3.47. The summed E-state index contributed by atoms with van der Waals surface area (Å²) in [6, 6.07) is 7.40. The van der Waals surface area contributed by atoms with Gasteiger partial charge in [0.25, 0.3) is 0 Å². The predicted molar refractivity (Wildman–Crippen MR) is 105 cm³/mol. The minimum Gasteiger partial charge on any atom is -0.492 e. The normalized spacial score (nSPS) is 14.2. The number of amides is 1. The molecule has 1 amide bonds. The zero-order valence-corrected chi connectivity index (χ0v) is 16.2. The first-order valence-corrected chi connectivity index (χ1v) is 9.11. The van der Waals surface area contributed by atoms with Gasteiger partial charge >= 0.3 is 0 Å². The van der Waals surface area contributed by atoms with Crippen molar-refractivity contribution in [1.82, 2.24) is 9.97 Å². The fourth-order valence-corrected chi connectivity index (χ4v) is 3.47. The molecule has 5 nitrogen and oxygen atoms in total. The lowest BCUT2D eigenvalue weighted by Crippen LogP contribution is -2.19. The average Bonchev–Trinajstić information content (AvgIpc) is 2.98. The van der Waals surface area contributed by atoms with E-state index in [9.17, 15) is 13.6 Å². The number of hydrogen-bond donors (Lipinski definition) is 0. The molecule has 2 aromatic carbocycles. The predicted octanol–water partition coefficient (Wildman–Crippen LogP) is 4.69. The zero-order valence-electron chi connectivity index (χ0n) is 16.2. The largest absolute Gasteiger partial charge is 0.492 e. The van der Waals surface area contributed by atoms with Gasteiger partial charge in [0.2, 0.25) is 6.41 Å². The van der Waals surface area contributed by atoms with Gasteiger partial charge in [-0.25, -0.2) is 13.8 Å². The summed E-state index contributed by atoms with van der Waals surface area (Å²) in [4.78, 5) is 20.9. The number of rotatable bonds is 4. The van der Waals surface area contributed by atoms with Gasteiger partial charge in [-0.1, -0.05) is 19.9 Å². The molecule has 0 spiro atoms. The SMILES string of the molecule is Cc1cc2c(cc1-c1cnc(N(C=O)c3c(F)cccc3F)cn1)C(C)(C)CO2. The third-order valence-electron chi connectivity index (χ3n) is 5.09. The Labute approximate surface area is 167 Å². The number of aromatic nitrogens is 2. The fraction of sp³-hybridized carbons (Fsp3) is 0.227. The molecule has 0 saturated heterocycles. The van der Waals surface area contributed by atoms with E-state index in [1.807, 2.05) is 19.1 Å². The highest BCUT2D eigenvalue weighted by atomic mass is 19.1. The monoisotopic (exact) mass is 395 g/mol. The van der Waals surface area contributed by atoms with Crippen LogP contribution in [0.3, 0.4) is 0 Å². The van der Waals surface area contributed by atoms with E-state index in [0.717, 1.165) is 39.5 Å². The smallest absolute Gasteiger partial charge is 0.220 e. The number of fused-ring (bicyclic) bond motifs is 1. The average molecular weight is 395 g/mol. The second kappa shape index (κ2) is 6.92. The van der Waals surface area contributed by atoms with E-state index < -0.39 is 17.3 Å². The van der Waals surface area contributed by atoms with Crippen molar-refractivity contribution in [2.45, 2.75) is 26.2 Å². The highest BCUT2D eigenvalue weighted by Crippen LogP contribution is 2.42. The van der Waals surface area contributed by atoms with Gasteiger partial charge in [0.15, 0.2) is 5.82 Å². The molecular weight excluding hydrogens is 376 g/mol. The lowest BCUT2D eigenvalue weighted by molar-refractivity contribution is -0.106. The third kappa shape index (κ3) is 3.22. The molecule has 148 valence electrons. The second-order valence-electron chi connectivity index (χ2n) is 7.64. The molecule has 0 radical (unpaired) electrons. The summed E-state index contributed by atoms with van der Waals surface area (Å²) in [6.07, 6.45) is 3.12. The number of anilines is 2. The van der Waals surface area contributed by atoms with Gasteiger partial charge in [0, 0.05) is 16.5 Å². The van der Waals surface area contributed by atoms with Crippen molar-refractivity contribution in [3.8, 4) is 17.0 Å². The molecule has 0 unspecified atom stereocenters. The number of para-hydroxylation sites is 1. The van der Waals surface area contributed by atoms with Crippen LogP contribution >= 0.6 is 0 Å². The van der Waals surface area contributed by atoms with E-state index in [-0.39, 0.29) is 11.2 Å². The molecule has 1 aromatic heterocycles. The third-order valence-corrected chi connectivity index (χ3v) is 5.09. The quantitative estimate of drug-likeness (QED) is 0.601. The summed E-state index contributed by atoms with van der Waals surface area (Å²) in [5, 5.41) is 0. The van der Waals surface area contributed by atoms with Gasteiger partial charge in [-0.2, -0.15) is 0 Å². The van der Waals surface area contributed by atoms with Gasteiger partial charge in [-0.05, 0) is 36.8 Å². The maximum absolute atomic E-state index is 14.1. The van der Waals surface area contributed by atoms with Crippen molar-refractivity contribution in [2.24, 2.45) is 0 Å². The number of benzene rings is 2. The molecule has 0 fully saturated rings. The van der Waals surface area contributed by atoms with Crippen LogP contribution in [0.4, 0.5) is 20.3 Å². The number of aryl methyl sites for hydroxylation is 1. The maximum atomic E-state index is 14.1. The highest BCUT2D eigenvalue weighted by molar-refractivity contribution is 5.85. The van der Waals surface area contributed by atoms with Crippen LogP contribution in [0.2, 0.25) is 0 Å². The number of ether oxygens (including phenoxy) is 1.